The molecule has 2 aromatic carbocycles. The molecule has 1 fully saturated rings. The van der Waals surface area contributed by atoms with Crippen LogP contribution in [0.25, 0.3) is 22.5 Å². The van der Waals surface area contributed by atoms with Gasteiger partial charge in [-0.1, -0.05) is 79.9 Å². The van der Waals surface area contributed by atoms with Gasteiger partial charge in [0.1, 0.15) is 0 Å². The second-order valence-electron chi connectivity index (χ2n) is 7.26. The Bertz CT molecular complexity index is 935. The predicted octanol–water partition coefficient (Wildman–Crippen LogP) is 6.00. The van der Waals surface area contributed by atoms with Crippen LogP contribution in [0.4, 0.5) is 0 Å². The van der Waals surface area contributed by atoms with Crippen molar-refractivity contribution in [2.24, 2.45) is 0 Å². The minimum atomic E-state index is 0.120. The topological polar surface area (TPSA) is 22.0 Å². The summed E-state index contributed by atoms with van der Waals surface area (Å²) in [6, 6.07) is 23.0. The second-order valence-corrected chi connectivity index (χ2v) is 7.26. The first-order valence-electron chi connectivity index (χ1n) is 9.62. The molecule has 0 bridgehead atoms. The van der Waals surface area contributed by atoms with Crippen molar-refractivity contribution in [3.8, 4) is 22.5 Å². The summed E-state index contributed by atoms with van der Waals surface area (Å²) in [4.78, 5) is 12.8. The molecule has 3 aromatic rings. The average Bonchev–Trinajstić information content (AvgIpc) is 2.71. The van der Waals surface area contributed by atoms with Crippen LogP contribution in [0.2, 0.25) is 0 Å². The van der Waals surface area contributed by atoms with Crippen LogP contribution >= 0.6 is 0 Å². The summed E-state index contributed by atoms with van der Waals surface area (Å²) in [5.74, 6) is 0. The highest BCUT2D eigenvalue weighted by Gasteiger charge is 2.23. The number of hydrogen-bond acceptors (Lipinski definition) is 1. The van der Waals surface area contributed by atoms with Gasteiger partial charge in [-0.3, -0.25) is 4.79 Å². The fourth-order valence-electron chi connectivity index (χ4n) is 4.22. The Morgan fingerprint density at radius 2 is 1.38 bits per heavy atom. The van der Waals surface area contributed by atoms with Gasteiger partial charge in [0, 0.05) is 17.7 Å². The first kappa shape index (κ1) is 16.8. The minimum Gasteiger partial charge on any atom is -0.337 e. The third kappa shape index (κ3) is 3.12. The van der Waals surface area contributed by atoms with Crippen molar-refractivity contribution in [1.29, 1.82) is 0 Å². The Hall–Kier alpha value is -2.61. The molecule has 2 heteroatoms. The molecular weight excluding hydrogens is 318 g/mol. The van der Waals surface area contributed by atoms with E-state index in [1.165, 1.54) is 32.1 Å². The van der Waals surface area contributed by atoms with E-state index >= 15 is 0 Å². The van der Waals surface area contributed by atoms with E-state index in [1.54, 1.807) is 0 Å². The molecule has 1 saturated carbocycles. The highest BCUT2D eigenvalue weighted by Crippen LogP contribution is 2.37. The standard InChI is InChI=1S/C24H25NO/c1-18-23(26)17-22(19-11-5-2-6-12-19)25(21-15-9-4-10-16-21)24(18)20-13-7-3-8-14-20/h2-3,5-8,11-14,17,21H,4,9-10,15-16H2,1H3. The predicted molar refractivity (Wildman–Crippen MR) is 108 cm³/mol. The SMILES string of the molecule is Cc1c(-c2ccccc2)n(C2CCCCC2)c(-c2ccccc2)cc1=O. The summed E-state index contributed by atoms with van der Waals surface area (Å²) < 4.78 is 2.46. The number of aromatic nitrogens is 1. The highest BCUT2D eigenvalue weighted by molar-refractivity contribution is 5.70. The van der Waals surface area contributed by atoms with Crippen molar-refractivity contribution in [3.05, 3.63) is 82.5 Å². The summed E-state index contributed by atoms with van der Waals surface area (Å²) in [5, 5.41) is 0. The number of rotatable bonds is 3. The molecule has 1 aromatic heterocycles. The lowest BCUT2D eigenvalue weighted by molar-refractivity contribution is 0.356. The molecule has 1 aliphatic carbocycles. The normalized spacial score (nSPS) is 15.1. The molecule has 0 amide bonds. The molecule has 0 atom stereocenters. The molecule has 0 unspecified atom stereocenters. The lowest BCUT2D eigenvalue weighted by atomic mass is 9.92. The maximum absolute atomic E-state index is 12.8. The zero-order chi connectivity index (χ0) is 17.9. The molecule has 2 nitrogen and oxygen atoms in total. The highest BCUT2D eigenvalue weighted by atomic mass is 16.1. The number of nitrogens with zero attached hydrogens (tertiary/aromatic N) is 1. The molecule has 0 radical (unpaired) electrons. The smallest absolute Gasteiger partial charge is 0.185 e. The Morgan fingerprint density at radius 3 is 2.00 bits per heavy atom. The van der Waals surface area contributed by atoms with Gasteiger partial charge in [0.05, 0.1) is 11.4 Å². The third-order valence-corrected chi connectivity index (χ3v) is 5.55. The molecule has 1 aliphatic rings. The van der Waals surface area contributed by atoms with Gasteiger partial charge in [0.15, 0.2) is 5.43 Å². The van der Waals surface area contributed by atoms with E-state index in [9.17, 15) is 4.79 Å². The fourth-order valence-corrected chi connectivity index (χ4v) is 4.22. The summed E-state index contributed by atoms with van der Waals surface area (Å²) >= 11 is 0. The Balaban J connectivity index is 2.03. The largest absolute Gasteiger partial charge is 0.337 e. The first-order valence-corrected chi connectivity index (χ1v) is 9.62. The second kappa shape index (κ2) is 7.33. The van der Waals surface area contributed by atoms with Crippen LogP contribution in [0.3, 0.4) is 0 Å². The number of pyridine rings is 1. The van der Waals surface area contributed by atoms with Gasteiger partial charge in [0.25, 0.3) is 0 Å². The molecule has 0 spiro atoms. The Kier molecular flexibility index (Phi) is 4.75. The van der Waals surface area contributed by atoms with Crippen LogP contribution in [0.5, 0.6) is 0 Å². The van der Waals surface area contributed by atoms with Gasteiger partial charge in [0.2, 0.25) is 0 Å². The van der Waals surface area contributed by atoms with Gasteiger partial charge in [-0.05, 0) is 30.9 Å². The zero-order valence-electron chi connectivity index (χ0n) is 15.3. The van der Waals surface area contributed by atoms with Gasteiger partial charge < -0.3 is 4.57 Å². The third-order valence-electron chi connectivity index (χ3n) is 5.55. The molecule has 132 valence electrons. The summed E-state index contributed by atoms with van der Waals surface area (Å²) in [5.41, 5.74) is 5.35. The Morgan fingerprint density at radius 1 is 0.808 bits per heavy atom. The minimum absolute atomic E-state index is 0.120. The van der Waals surface area contributed by atoms with Crippen LogP contribution < -0.4 is 5.43 Å². The van der Waals surface area contributed by atoms with Gasteiger partial charge in [-0.15, -0.1) is 0 Å². The van der Waals surface area contributed by atoms with Crippen LogP contribution in [0.1, 0.15) is 43.7 Å². The van der Waals surface area contributed by atoms with Crippen molar-refractivity contribution in [3.63, 3.8) is 0 Å². The molecule has 26 heavy (non-hydrogen) atoms. The summed E-state index contributed by atoms with van der Waals surface area (Å²) in [6.45, 7) is 1.97. The molecule has 0 N–H and O–H groups in total. The average molecular weight is 343 g/mol. The van der Waals surface area contributed by atoms with E-state index in [0.717, 1.165) is 28.1 Å². The van der Waals surface area contributed by atoms with Gasteiger partial charge in [-0.2, -0.15) is 0 Å². The molecule has 4 rings (SSSR count). The van der Waals surface area contributed by atoms with E-state index in [2.05, 4.69) is 41.0 Å². The zero-order valence-corrected chi connectivity index (χ0v) is 15.3. The van der Waals surface area contributed by atoms with Crippen molar-refractivity contribution >= 4 is 0 Å². The molecule has 0 aliphatic heterocycles. The number of hydrogen-bond donors (Lipinski definition) is 0. The monoisotopic (exact) mass is 343 g/mol. The number of benzene rings is 2. The first-order chi connectivity index (χ1) is 12.8. The van der Waals surface area contributed by atoms with Crippen molar-refractivity contribution in [2.45, 2.75) is 45.1 Å². The van der Waals surface area contributed by atoms with Crippen LogP contribution in [-0.4, -0.2) is 4.57 Å². The maximum Gasteiger partial charge on any atom is 0.185 e. The van der Waals surface area contributed by atoms with Crippen LogP contribution in [0.15, 0.2) is 71.5 Å². The Labute approximate surface area is 155 Å². The van der Waals surface area contributed by atoms with Crippen LogP contribution in [0, 0.1) is 6.92 Å². The van der Waals surface area contributed by atoms with E-state index < -0.39 is 0 Å². The maximum atomic E-state index is 12.8. The molecular formula is C24H25NO. The summed E-state index contributed by atoms with van der Waals surface area (Å²) in [6.07, 6.45) is 6.21. The fraction of sp³-hybridized carbons (Fsp3) is 0.292. The molecule has 1 heterocycles. The lowest BCUT2D eigenvalue weighted by Gasteiger charge is -2.31. The van der Waals surface area contributed by atoms with Gasteiger partial charge in [-0.25, -0.2) is 0 Å². The van der Waals surface area contributed by atoms with Crippen molar-refractivity contribution in [1.82, 2.24) is 4.57 Å². The van der Waals surface area contributed by atoms with E-state index in [1.807, 2.05) is 37.3 Å². The van der Waals surface area contributed by atoms with Crippen molar-refractivity contribution in [2.75, 3.05) is 0 Å². The van der Waals surface area contributed by atoms with Crippen LogP contribution in [-0.2, 0) is 0 Å². The van der Waals surface area contributed by atoms with Crippen molar-refractivity contribution < 1.29 is 0 Å². The summed E-state index contributed by atoms with van der Waals surface area (Å²) in [7, 11) is 0. The van der Waals surface area contributed by atoms with E-state index in [-0.39, 0.29) is 5.43 Å². The van der Waals surface area contributed by atoms with Gasteiger partial charge >= 0.3 is 0 Å². The molecule has 0 saturated heterocycles. The quantitative estimate of drug-likeness (QED) is 0.572. The van der Waals surface area contributed by atoms with E-state index in [4.69, 9.17) is 0 Å². The lowest BCUT2D eigenvalue weighted by Crippen LogP contribution is -2.22. The van der Waals surface area contributed by atoms with E-state index in [0.29, 0.717) is 6.04 Å².